The molecule has 21 heavy (non-hydrogen) atoms. The monoisotopic (exact) mass is 285 g/mol. The quantitative estimate of drug-likeness (QED) is 0.927. The Hall–Kier alpha value is -1.86. The Bertz CT molecular complexity index is 537. The number of rotatable bonds is 3. The van der Waals surface area contributed by atoms with Crippen LogP contribution in [0.3, 0.4) is 0 Å². The molecule has 1 aliphatic heterocycles. The number of nitriles is 1. The highest BCUT2D eigenvalue weighted by Crippen LogP contribution is 2.20. The second-order valence-electron chi connectivity index (χ2n) is 6.77. The van der Waals surface area contributed by atoms with Crippen LogP contribution in [0.25, 0.3) is 0 Å². The first-order chi connectivity index (χ1) is 9.87. The van der Waals surface area contributed by atoms with E-state index in [2.05, 4.69) is 16.3 Å². The van der Waals surface area contributed by atoms with Crippen LogP contribution in [-0.4, -0.2) is 29.4 Å². The van der Waals surface area contributed by atoms with Gasteiger partial charge in [0.1, 0.15) is 0 Å². The zero-order chi connectivity index (χ0) is 15.5. The third-order valence-electron chi connectivity index (χ3n) is 3.63. The van der Waals surface area contributed by atoms with Gasteiger partial charge < -0.3 is 5.32 Å². The Morgan fingerprint density at radius 2 is 2.05 bits per heavy atom. The van der Waals surface area contributed by atoms with Gasteiger partial charge in [-0.05, 0) is 51.4 Å². The fourth-order valence-corrected chi connectivity index (χ4v) is 2.60. The molecular weight excluding hydrogens is 262 g/mol. The predicted octanol–water partition coefficient (Wildman–Crippen LogP) is 2.29. The molecule has 112 valence electrons. The number of hydrogen-bond donors (Lipinski definition) is 1. The van der Waals surface area contributed by atoms with Crippen LogP contribution in [-0.2, 0) is 11.3 Å². The predicted molar refractivity (Wildman–Crippen MR) is 82.4 cm³/mol. The molecule has 0 aliphatic carbocycles. The minimum absolute atomic E-state index is 0.0857. The van der Waals surface area contributed by atoms with Gasteiger partial charge in [0, 0.05) is 18.6 Å². The molecule has 1 atom stereocenters. The first-order valence-corrected chi connectivity index (χ1v) is 7.41. The lowest BCUT2D eigenvalue weighted by atomic mass is 10.0. The maximum atomic E-state index is 12.2. The van der Waals surface area contributed by atoms with E-state index in [9.17, 15) is 4.79 Å². The van der Waals surface area contributed by atoms with Crippen molar-refractivity contribution in [2.45, 2.75) is 39.3 Å². The summed E-state index contributed by atoms with van der Waals surface area (Å²) in [6, 6.07) is 9.78. The minimum Gasteiger partial charge on any atom is -0.351 e. The molecule has 1 N–H and O–H groups in total. The molecule has 0 radical (unpaired) electrons. The summed E-state index contributed by atoms with van der Waals surface area (Å²) < 4.78 is 0. The molecule has 1 heterocycles. The molecule has 2 rings (SSSR count). The highest BCUT2D eigenvalue weighted by Gasteiger charge is 2.29. The van der Waals surface area contributed by atoms with Crippen molar-refractivity contribution in [3.8, 4) is 6.07 Å². The number of amides is 1. The van der Waals surface area contributed by atoms with Crippen molar-refractivity contribution in [1.82, 2.24) is 10.2 Å². The molecule has 1 fully saturated rings. The third-order valence-corrected chi connectivity index (χ3v) is 3.63. The maximum absolute atomic E-state index is 12.2. The van der Waals surface area contributed by atoms with Crippen molar-refractivity contribution in [2.24, 2.45) is 5.92 Å². The van der Waals surface area contributed by atoms with Gasteiger partial charge in [0.2, 0.25) is 5.91 Å². The van der Waals surface area contributed by atoms with E-state index in [0.29, 0.717) is 5.56 Å². The van der Waals surface area contributed by atoms with Crippen LogP contribution in [0, 0.1) is 17.2 Å². The van der Waals surface area contributed by atoms with Crippen molar-refractivity contribution in [1.29, 1.82) is 5.26 Å². The first-order valence-electron chi connectivity index (χ1n) is 7.41. The molecule has 1 saturated heterocycles. The van der Waals surface area contributed by atoms with Crippen LogP contribution in [0.2, 0.25) is 0 Å². The van der Waals surface area contributed by atoms with Gasteiger partial charge in [-0.1, -0.05) is 12.1 Å². The molecular formula is C17H23N3O. The van der Waals surface area contributed by atoms with Gasteiger partial charge in [-0.25, -0.2) is 0 Å². The second-order valence-corrected chi connectivity index (χ2v) is 6.77. The van der Waals surface area contributed by atoms with Gasteiger partial charge >= 0.3 is 0 Å². The molecule has 0 bridgehead atoms. The van der Waals surface area contributed by atoms with E-state index in [1.807, 2.05) is 45.0 Å². The minimum atomic E-state index is -0.169. The molecule has 1 unspecified atom stereocenters. The van der Waals surface area contributed by atoms with Crippen molar-refractivity contribution in [3.05, 3.63) is 35.4 Å². The van der Waals surface area contributed by atoms with E-state index in [1.165, 1.54) is 5.56 Å². The Labute approximate surface area is 126 Å². The van der Waals surface area contributed by atoms with Gasteiger partial charge in [0.25, 0.3) is 0 Å². The molecule has 1 aliphatic rings. The van der Waals surface area contributed by atoms with Crippen molar-refractivity contribution in [3.63, 3.8) is 0 Å². The third kappa shape index (κ3) is 4.57. The maximum Gasteiger partial charge on any atom is 0.224 e. The molecule has 1 aromatic carbocycles. The zero-order valence-corrected chi connectivity index (χ0v) is 13.0. The Morgan fingerprint density at radius 3 is 2.62 bits per heavy atom. The highest BCUT2D eigenvalue weighted by atomic mass is 16.2. The number of hydrogen-bond acceptors (Lipinski definition) is 3. The molecule has 0 saturated carbocycles. The lowest BCUT2D eigenvalue weighted by molar-refractivity contribution is -0.126. The average Bonchev–Trinajstić information content (AvgIpc) is 2.86. The largest absolute Gasteiger partial charge is 0.351 e. The van der Waals surface area contributed by atoms with E-state index >= 15 is 0 Å². The summed E-state index contributed by atoms with van der Waals surface area (Å²) in [6.07, 6.45) is 0.915. The van der Waals surface area contributed by atoms with E-state index in [0.717, 1.165) is 26.1 Å². The van der Waals surface area contributed by atoms with Crippen LogP contribution in [0.1, 0.15) is 38.3 Å². The number of nitrogens with zero attached hydrogens (tertiary/aromatic N) is 2. The summed E-state index contributed by atoms with van der Waals surface area (Å²) in [5, 5.41) is 11.9. The van der Waals surface area contributed by atoms with Crippen LogP contribution in [0.5, 0.6) is 0 Å². The molecule has 4 heteroatoms. The van der Waals surface area contributed by atoms with Crippen molar-refractivity contribution >= 4 is 5.91 Å². The molecule has 0 spiro atoms. The number of likely N-dealkylation sites (tertiary alicyclic amines) is 1. The lowest BCUT2D eigenvalue weighted by Gasteiger charge is -2.23. The average molecular weight is 285 g/mol. The second kappa shape index (κ2) is 6.28. The Morgan fingerprint density at radius 1 is 1.38 bits per heavy atom. The van der Waals surface area contributed by atoms with E-state index in [1.54, 1.807) is 0 Å². The van der Waals surface area contributed by atoms with Crippen LogP contribution in [0.15, 0.2) is 24.3 Å². The molecule has 0 aromatic heterocycles. The molecule has 1 aromatic rings. The standard InChI is InChI=1S/C17H23N3O/c1-17(2,3)19-16(21)15-8-9-20(12-15)11-14-6-4-13(10-18)5-7-14/h4-7,15H,8-9,11-12H2,1-3H3,(H,19,21). The van der Waals surface area contributed by atoms with E-state index in [-0.39, 0.29) is 17.4 Å². The van der Waals surface area contributed by atoms with Crippen LogP contribution < -0.4 is 5.32 Å². The van der Waals surface area contributed by atoms with E-state index in [4.69, 9.17) is 5.26 Å². The Kier molecular flexibility index (Phi) is 4.64. The summed E-state index contributed by atoms with van der Waals surface area (Å²) in [6.45, 7) is 8.62. The Balaban J connectivity index is 1.87. The number of nitrogens with one attached hydrogen (secondary N) is 1. The molecule has 1 amide bonds. The highest BCUT2D eigenvalue weighted by molar-refractivity contribution is 5.79. The van der Waals surface area contributed by atoms with Gasteiger partial charge in [-0.15, -0.1) is 0 Å². The number of carbonyl (C=O) groups is 1. The SMILES string of the molecule is CC(C)(C)NC(=O)C1CCN(Cc2ccc(C#N)cc2)C1. The van der Waals surface area contributed by atoms with Gasteiger partial charge in [-0.2, -0.15) is 5.26 Å². The van der Waals surface area contributed by atoms with Crippen molar-refractivity contribution in [2.75, 3.05) is 13.1 Å². The van der Waals surface area contributed by atoms with Gasteiger partial charge in [-0.3, -0.25) is 9.69 Å². The first kappa shape index (κ1) is 15.5. The van der Waals surface area contributed by atoms with E-state index < -0.39 is 0 Å². The number of benzene rings is 1. The summed E-state index contributed by atoms with van der Waals surface area (Å²) >= 11 is 0. The summed E-state index contributed by atoms with van der Waals surface area (Å²) in [5.74, 6) is 0.243. The van der Waals surface area contributed by atoms with Crippen LogP contribution >= 0.6 is 0 Å². The van der Waals surface area contributed by atoms with Gasteiger partial charge in [0.15, 0.2) is 0 Å². The topological polar surface area (TPSA) is 56.1 Å². The van der Waals surface area contributed by atoms with Gasteiger partial charge in [0.05, 0.1) is 17.6 Å². The van der Waals surface area contributed by atoms with Crippen LogP contribution in [0.4, 0.5) is 0 Å². The fourth-order valence-electron chi connectivity index (χ4n) is 2.60. The smallest absolute Gasteiger partial charge is 0.224 e. The lowest BCUT2D eigenvalue weighted by Crippen LogP contribution is -2.44. The molecule has 4 nitrogen and oxygen atoms in total. The summed E-state index contributed by atoms with van der Waals surface area (Å²) in [4.78, 5) is 14.5. The fraction of sp³-hybridized carbons (Fsp3) is 0.529. The summed E-state index contributed by atoms with van der Waals surface area (Å²) in [5.41, 5.74) is 1.70. The normalized spacial score (nSPS) is 19.2. The van der Waals surface area contributed by atoms with Crippen molar-refractivity contribution < 1.29 is 4.79 Å². The number of carbonyl (C=O) groups excluding carboxylic acids is 1. The summed E-state index contributed by atoms with van der Waals surface area (Å²) in [7, 11) is 0. The zero-order valence-electron chi connectivity index (χ0n) is 13.0.